The number of rotatable bonds is 4. The van der Waals surface area contributed by atoms with E-state index >= 15 is 0 Å². The van der Waals surface area contributed by atoms with E-state index in [-0.39, 0.29) is 18.0 Å². The van der Waals surface area contributed by atoms with Crippen molar-refractivity contribution >= 4 is 16.9 Å². The van der Waals surface area contributed by atoms with Gasteiger partial charge in [0.15, 0.2) is 5.76 Å². The van der Waals surface area contributed by atoms with Gasteiger partial charge in [-0.3, -0.25) is 4.79 Å². The Kier molecular flexibility index (Phi) is 3.95. The lowest BCUT2D eigenvalue weighted by Gasteiger charge is -2.21. The Hall–Kier alpha value is -2.76. The lowest BCUT2D eigenvalue weighted by Crippen LogP contribution is -2.38. The third kappa shape index (κ3) is 2.77. The average Bonchev–Trinajstić information content (AvgIpc) is 3.35. The van der Waals surface area contributed by atoms with E-state index in [1.54, 1.807) is 13.3 Å². The van der Waals surface area contributed by atoms with Crippen LogP contribution >= 0.6 is 0 Å². The van der Waals surface area contributed by atoms with Crippen LogP contribution in [0, 0.1) is 6.92 Å². The van der Waals surface area contributed by atoms with E-state index < -0.39 is 0 Å². The third-order valence-corrected chi connectivity index (χ3v) is 5.05. The van der Waals surface area contributed by atoms with Gasteiger partial charge in [-0.1, -0.05) is 0 Å². The van der Waals surface area contributed by atoms with Crippen LogP contribution in [-0.4, -0.2) is 28.6 Å². The fourth-order valence-electron chi connectivity index (χ4n) is 3.71. The van der Waals surface area contributed by atoms with Crippen LogP contribution in [0.1, 0.15) is 41.4 Å². The number of aromatic nitrogens is 2. The monoisotopic (exact) mass is 339 g/mol. The zero-order valence-electron chi connectivity index (χ0n) is 14.4. The summed E-state index contributed by atoms with van der Waals surface area (Å²) in [5.74, 6) is 0.962. The SMILES string of the molecule is COc1ccc2oc(C(=O)N[C@@H]3CCC[C@H]3n3ccnc3)c(C)c2c1. The molecule has 1 aromatic carbocycles. The van der Waals surface area contributed by atoms with Crippen molar-refractivity contribution in [1.29, 1.82) is 0 Å². The van der Waals surface area contributed by atoms with Gasteiger partial charge in [0.25, 0.3) is 5.91 Å². The number of aryl methyl sites for hydroxylation is 1. The summed E-state index contributed by atoms with van der Waals surface area (Å²) < 4.78 is 13.1. The van der Waals surface area contributed by atoms with Crippen molar-refractivity contribution < 1.29 is 13.9 Å². The largest absolute Gasteiger partial charge is 0.497 e. The van der Waals surface area contributed by atoms with Crippen LogP contribution in [0.4, 0.5) is 0 Å². The first-order valence-electron chi connectivity index (χ1n) is 8.53. The Bertz CT molecular complexity index is 898. The summed E-state index contributed by atoms with van der Waals surface area (Å²) in [7, 11) is 1.63. The molecule has 1 N–H and O–H groups in total. The standard InChI is InChI=1S/C19H21N3O3/c1-12-14-10-13(24-2)6-7-17(14)25-18(12)19(23)21-15-4-3-5-16(15)22-9-8-20-11-22/h6-11,15-16H,3-5H2,1-2H3,(H,21,23)/t15-,16-/m1/s1. The average molecular weight is 339 g/mol. The third-order valence-electron chi connectivity index (χ3n) is 5.05. The van der Waals surface area contributed by atoms with Gasteiger partial charge >= 0.3 is 0 Å². The van der Waals surface area contributed by atoms with E-state index in [0.717, 1.165) is 36.0 Å². The minimum absolute atomic E-state index is 0.0869. The molecule has 2 atom stereocenters. The molecule has 0 unspecified atom stereocenters. The zero-order chi connectivity index (χ0) is 17.4. The Balaban J connectivity index is 1.59. The number of carbonyl (C=O) groups excluding carboxylic acids is 1. The van der Waals surface area contributed by atoms with Crippen molar-refractivity contribution in [1.82, 2.24) is 14.9 Å². The van der Waals surface area contributed by atoms with Crippen LogP contribution < -0.4 is 10.1 Å². The summed E-state index contributed by atoms with van der Waals surface area (Å²) >= 11 is 0. The van der Waals surface area contributed by atoms with Crippen molar-refractivity contribution in [3.63, 3.8) is 0 Å². The lowest BCUT2D eigenvalue weighted by molar-refractivity contribution is 0.0902. The van der Waals surface area contributed by atoms with Crippen molar-refractivity contribution in [2.75, 3.05) is 7.11 Å². The Morgan fingerprint density at radius 1 is 1.40 bits per heavy atom. The number of imidazole rings is 1. The number of hydrogen-bond donors (Lipinski definition) is 1. The molecule has 6 heteroatoms. The zero-order valence-corrected chi connectivity index (χ0v) is 14.4. The molecule has 1 aliphatic rings. The second-order valence-corrected chi connectivity index (χ2v) is 6.51. The molecule has 2 heterocycles. The van der Waals surface area contributed by atoms with Gasteiger partial charge in [0.1, 0.15) is 11.3 Å². The van der Waals surface area contributed by atoms with Crippen LogP contribution in [0.3, 0.4) is 0 Å². The summed E-state index contributed by atoms with van der Waals surface area (Å²) in [6.45, 7) is 1.90. The highest BCUT2D eigenvalue weighted by Crippen LogP contribution is 2.32. The van der Waals surface area contributed by atoms with Gasteiger partial charge in [-0.2, -0.15) is 0 Å². The summed E-state index contributed by atoms with van der Waals surface area (Å²) in [5.41, 5.74) is 1.53. The summed E-state index contributed by atoms with van der Waals surface area (Å²) in [6.07, 6.45) is 8.62. The Morgan fingerprint density at radius 3 is 3.04 bits per heavy atom. The second kappa shape index (κ2) is 6.27. The number of hydrogen-bond acceptors (Lipinski definition) is 4. The predicted molar refractivity (Wildman–Crippen MR) is 93.9 cm³/mol. The van der Waals surface area contributed by atoms with Crippen molar-refractivity contribution in [3.8, 4) is 5.75 Å². The molecular formula is C19H21N3O3. The highest BCUT2D eigenvalue weighted by molar-refractivity contribution is 5.99. The maximum Gasteiger partial charge on any atom is 0.287 e. The van der Waals surface area contributed by atoms with Crippen molar-refractivity contribution in [2.45, 2.75) is 38.3 Å². The number of fused-ring (bicyclic) bond motifs is 1. The molecule has 3 aromatic rings. The first-order chi connectivity index (χ1) is 12.2. The molecule has 1 amide bonds. The molecule has 1 saturated carbocycles. The Morgan fingerprint density at radius 2 is 2.28 bits per heavy atom. The predicted octanol–water partition coefficient (Wildman–Crippen LogP) is 3.47. The van der Waals surface area contributed by atoms with E-state index in [0.29, 0.717) is 11.3 Å². The Labute approximate surface area is 145 Å². The number of nitrogens with one attached hydrogen (secondary N) is 1. The molecule has 25 heavy (non-hydrogen) atoms. The maximum atomic E-state index is 12.8. The van der Waals surface area contributed by atoms with Crippen LogP contribution in [0.25, 0.3) is 11.0 Å². The van der Waals surface area contributed by atoms with E-state index in [2.05, 4.69) is 14.9 Å². The van der Waals surface area contributed by atoms with E-state index in [9.17, 15) is 4.79 Å². The van der Waals surface area contributed by atoms with E-state index in [1.165, 1.54) is 0 Å². The molecule has 4 rings (SSSR count). The van der Waals surface area contributed by atoms with Gasteiger partial charge in [0.05, 0.1) is 25.5 Å². The highest BCUT2D eigenvalue weighted by Gasteiger charge is 2.31. The molecule has 0 aliphatic heterocycles. The number of ether oxygens (including phenoxy) is 1. The van der Waals surface area contributed by atoms with Gasteiger partial charge < -0.3 is 19.0 Å². The van der Waals surface area contributed by atoms with Crippen LogP contribution in [-0.2, 0) is 0 Å². The van der Waals surface area contributed by atoms with Gasteiger partial charge in [-0.25, -0.2) is 4.98 Å². The summed E-state index contributed by atoms with van der Waals surface area (Å²) in [6, 6.07) is 5.90. The number of methoxy groups -OCH3 is 1. The first kappa shape index (κ1) is 15.7. The van der Waals surface area contributed by atoms with Gasteiger partial charge in [-0.05, 0) is 44.4 Å². The molecule has 130 valence electrons. The molecule has 0 spiro atoms. The fourth-order valence-corrected chi connectivity index (χ4v) is 3.71. The minimum Gasteiger partial charge on any atom is -0.497 e. The summed E-state index contributed by atoms with van der Waals surface area (Å²) in [5, 5.41) is 4.06. The molecule has 1 fully saturated rings. The van der Waals surface area contributed by atoms with E-state index in [1.807, 2.05) is 37.6 Å². The van der Waals surface area contributed by atoms with Gasteiger partial charge in [0, 0.05) is 23.3 Å². The highest BCUT2D eigenvalue weighted by atomic mass is 16.5. The normalized spacial score (nSPS) is 20.1. The van der Waals surface area contributed by atoms with Crippen molar-refractivity contribution in [2.24, 2.45) is 0 Å². The van der Waals surface area contributed by atoms with Crippen LogP contribution in [0.15, 0.2) is 41.3 Å². The van der Waals surface area contributed by atoms with Crippen molar-refractivity contribution in [3.05, 3.63) is 48.2 Å². The molecule has 0 bridgehead atoms. The molecule has 6 nitrogen and oxygen atoms in total. The lowest BCUT2D eigenvalue weighted by atomic mass is 10.1. The number of benzene rings is 1. The quantitative estimate of drug-likeness (QED) is 0.790. The smallest absolute Gasteiger partial charge is 0.287 e. The number of amides is 1. The molecule has 0 saturated heterocycles. The number of furan rings is 1. The van der Waals surface area contributed by atoms with Crippen LogP contribution in [0.2, 0.25) is 0 Å². The first-order valence-corrected chi connectivity index (χ1v) is 8.53. The summed E-state index contributed by atoms with van der Waals surface area (Å²) in [4.78, 5) is 16.9. The van der Waals surface area contributed by atoms with Gasteiger partial charge in [-0.15, -0.1) is 0 Å². The number of nitrogens with zero attached hydrogens (tertiary/aromatic N) is 2. The minimum atomic E-state index is -0.162. The fraction of sp³-hybridized carbons (Fsp3) is 0.368. The molecule has 1 aliphatic carbocycles. The topological polar surface area (TPSA) is 69.3 Å². The molecular weight excluding hydrogens is 318 g/mol. The maximum absolute atomic E-state index is 12.8. The molecule has 2 aromatic heterocycles. The molecule has 0 radical (unpaired) electrons. The van der Waals surface area contributed by atoms with Gasteiger partial charge in [0.2, 0.25) is 0 Å². The van der Waals surface area contributed by atoms with Crippen LogP contribution in [0.5, 0.6) is 5.75 Å². The van der Waals surface area contributed by atoms with E-state index in [4.69, 9.17) is 9.15 Å². The number of carbonyl (C=O) groups is 1. The second-order valence-electron chi connectivity index (χ2n) is 6.51.